The molecule has 0 heterocycles. The number of nitrogens with one attached hydrogen (secondary N) is 1. The smallest absolute Gasteiger partial charge is 0.249 e. The van der Waals surface area contributed by atoms with Crippen LogP contribution in [0.15, 0.2) is 36.5 Å². The Morgan fingerprint density at radius 1 is 0.471 bits per heavy atom. The molecule has 0 spiro atoms. The fourth-order valence-corrected chi connectivity index (χ4v) is 6.67. The third kappa shape index (κ3) is 36.7. The molecule has 0 saturated heterocycles. The highest BCUT2D eigenvalue weighted by molar-refractivity contribution is 5.80. The van der Waals surface area contributed by atoms with Crippen LogP contribution in [0.3, 0.4) is 0 Å². The van der Waals surface area contributed by atoms with E-state index in [0.29, 0.717) is 6.42 Å². The Labute approximate surface area is 317 Å². The molecule has 0 rings (SSSR count). The zero-order chi connectivity index (χ0) is 37.3. The Morgan fingerprint density at radius 2 is 0.804 bits per heavy atom. The van der Waals surface area contributed by atoms with Crippen LogP contribution in [0.2, 0.25) is 0 Å². The Morgan fingerprint density at radius 3 is 1.20 bits per heavy atom. The summed E-state index contributed by atoms with van der Waals surface area (Å²) in [6.07, 6.45) is 51.8. The van der Waals surface area contributed by atoms with Gasteiger partial charge in [-0.05, 0) is 57.8 Å². The predicted molar refractivity (Wildman–Crippen MR) is 222 cm³/mol. The Bertz CT molecular complexity index is 794. The molecule has 0 aliphatic rings. The summed E-state index contributed by atoms with van der Waals surface area (Å²) in [5.74, 6) is -0.521. The minimum atomic E-state index is -1.11. The molecule has 0 saturated carbocycles. The minimum Gasteiger partial charge on any atom is -0.394 e. The molecular formula is C46H87NO4. The number of carbonyl (C=O) groups excluding carboxylic acids is 1. The number of allylic oxidation sites excluding steroid dienone is 5. The van der Waals surface area contributed by atoms with Crippen LogP contribution in [0.4, 0.5) is 0 Å². The van der Waals surface area contributed by atoms with Crippen LogP contribution >= 0.6 is 0 Å². The zero-order valence-corrected chi connectivity index (χ0v) is 34.0. The maximum atomic E-state index is 12.4. The van der Waals surface area contributed by atoms with Crippen molar-refractivity contribution in [1.82, 2.24) is 5.32 Å². The summed E-state index contributed by atoms with van der Waals surface area (Å²) in [4.78, 5) is 12.4. The van der Waals surface area contributed by atoms with Gasteiger partial charge >= 0.3 is 0 Å². The van der Waals surface area contributed by atoms with Gasteiger partial charge < -0.3 is 20.6 Å². The van der Waals surface area contributed by atoms with Gasteiger partial charge in [-0.1, -0.05) is 204 Å². The van der Waals surface area contributed by atoms with Crippen LogP contribution in [0.5, 0.6) is 0 Å². The molecule has 5 nitrogen and oxygen atoms in total. The molecule has 1 amide bonds. The largest absolute Gasteiger partial charge is 0.394 e. The van der Waals surface area contributed by atoms with E-state index in [1.54, 1.807) is 6.08 Å². The van der Waals surface area contributed by atoms with Crippen molar-refractivity contribution in [3.63, 3.8) is 0 Å². The summed E-state index contributed by atoms with van der Waals surface area (Å²) in [7, 11) is 0. The average Bonchev–Trinajstić information content (AvgIpc) is 3.13. The Kier molecular flexibility index (Phi) is 40.2. The van der Waals surface area contributed by atoms with Crippen molar-refractivity contribution in [3.05, 3.63) is 36.5 Å². The minimum absolute atomic E-state index is 0.379. The molecule has 0 radical (unpaired) electrons. The molecule has 3 unspecified atom stereocenters. The summed E-state index contributed by atoms with van der Waals surface area (Å²) >= 11 is 0. The second-order valence-electron chi connectivity index (χ2n) is 15.2. The molecule has 0 aromatic heterocycles. The fraction of sp³-hybridized carbons (Fsp3) is 0.848. The van der Waals surface area contributed by atoms with Crippen molar-refractivity contribution < 1.29 is 20.1 Å². The lowest BCUT2D eigenvalue weighted by atomic mass is 10.0. The first-order valence-corrected chi connectivity index (χ1v) is 22.3. The second kappa shape index (κ2) is 41.3. The van der Waals surface area contributed by atoms with Gasteiger partial charge in [-0.3, -0.25) is 4.79 Å². The number of hydrogen-bond acceptors (Lipinski definition) is 4. The van der Waals surface area contributed by atoms with Gasteiger partial charge in [-0.15, -0.1) is 0 Å². The first-order valence-electron chi connectivity index (χ1n) is 22.3. The van der Waals surface area contributed by atoms with E-state index in [2.05, 4.69) is 43.5 Å². The van der Waals surface area contributed by atoms with Crippen molar-refractivity contribution in [2.24, 2.45) is 0 Å². The molecule has 3 atom stereocenters. The van der Waals surface area contributed by atoms with E-state index in [0.717, 1.165) is 51.4 Å². The monoisotopic (exact) mass is 718 g/mol. The molecule has 4 N–H and O–H groups in total. The van der Waals surface area contributed by atoms with Gasteiger partial charge in [0.15, 0.2) is 0 Å². The molecule has 0 aliphatic heterocycles. The average molecular weight is 718 g/mol. The summed E-state index contributed by atoms with van der Waals surface area (Å²) in [6.45, 7) is 4.17. The molecular weight excluding hydrogens is 631 g/mol. The van der Waals surface area contributed by atoms with E-state index in [4.69, 9.17) is 0 Å². The van der Waals surface area contributed by atoms with Crippen molar-refractivity contribution in [2.75, 3.05) is 6.61 Å². The van der Waals surface area contributed by atoms with Crippen LogP contribution in [0.25, 0.3) is 0 Å². The molecule has 0 aromatic carbocycles. The quantitative estimate of drug-likeness (QED) is 0.0375. The standard InChI is InChI=1S/C46H87NO4/c1-3-5-7-9-11-13-15-17-19-20-21-22-23-24-25-27-28-30-32-34-36-38-40-44(49)43(42-48)47-46(51)45(50)41-39-37-35-33-31-29-26-18-16-14-12-10-8-6-4-2/h26,29-30,32,38,40,43-45,48-50H,3-25,27-28,31,33-37,39,41-42H2,1-2H3,(H,47,51)/b29-26-,32-30+,40-38+. The third-order valence-electron chi connectivity index (χ3n) is 10.2. The lowest BCUT2D eigenvalue weighted by molar-refractivity contribution is -0.131. The Balaban J connectivity index is 3.72. The molecule has 300 valence electrons. The van der Waals surface area contributed by atoms with Crippen molar-refractivity contribution in [2.45, 2.75) is 244 Å². The summed E-state index contributed by atoms with van der Waals surface area (Å²) in [5, 5.41) is 33.1. The van der Waals surface area contributed by atoms with Gasteiger partial charge in [-0.25, -0.2) is 0 Å². The number of hydrogen-bond donors (Lipinski definition) is 4. The molecule has 51 heavy (non-hydrogen) atoms. The van der Waals surface area contributed by atoms with Crippen molar-refractivity contribution in [3.8, 4) is 0 Å². The molecule has 0 aromatic rings. The van der Waals surface area contributed by atoms with E-state index in [1.165, 1.54) is 154 Å². The highest BCUT2D eigenvalue weighted by Gasteiger charge is 2.22. The van der Waals surface area contributed by atoms with Crippen LogP contribution in [0.1, 0.15) is 226 Å². The summed E-state index contributed by atoms with van der Waals surface area (Å²) in [6, 6.07) is -0.818. The van der Waals surface area contributed by atoms with E-state index in [9.17, 15) is 20.1 Å². The van der Waals surface area contributed by atoms with E-state index < -0.39 is 24.2 Å². The number of aliphatic hydroxyl groups excluding tert-OH is 3. The first-order chi connectivity index (χ1) is 25.1. The second-order valence-corrected chi connectivity index (χ2v) is 15.2. The summed E-state index contributed by atoms with van der Waals surface area (Å²) < 4.78 is 0. The SMILES string of the molecule is CCCCCCCCC/C=C\CCCCCCC(O)C(=O)NC(CO)C(O)/C=C/CC/C=C/CCCCCCCCCCCCCCCCCC. The van der Waals surface area contributed by atoms with Crippen LogP contribution in [-0.4, -0.2) is 46.1 Å². The van der Waals surface area contributed by atoms with Crippen molar-refractivity contribution >= 4 is 5.91 Å². The van der Waals surface area contributed by atoms with E-state index in [1.807, 2.05) is 6.08 Å². The van der Waals surface area contributed by atoms with Crippen LogP contribution < -0.4 is 5.32 Å². The Hall–Kier alpha value is -1.43. The van der Waals surface area contributed by atoms with Gasteiger partial charge in [-0.2, -0.15) is 0 Å². The normalized spacial score (nSPS) is 13.9. The number of aliphatic hydroxyl groups is 3. The van der Waals surface area contributed by atoms with E-state index >= 15 is 0 Å². The van der Waals surface area contributed by atoms with Crippen molar-refractivity contribution in [1.29, 1.82) is 0 Å². The topological polar surface area (TPSA) is 89.8 Å². The number of rotatable bonds is 40. The molecule has 0 bridgehead atoms. The first kappa shape index (κ1) is 49.6. The van der Waals surface area contributed by atoms with E-state index in [-0.39, 0.29) is 6.61 Å². The summed E-state index contributed by atoms with van der Waals surface area (Å²) in [5.41, 5.74) is 0. The van der Waals surface area contributed by atoms with Gasteiger partial charge in [0.25, 0.3) is 0 Å². The maximum Gasteiger partial charge on any atom is 0.249 e. The fourth-order valence-electron chi connectivity index (χ4n) is 6.67. The number of carbonyl (C=O) groups is 1. The third-order valence-corrected chi connectivity index (χ3v) is 10.2. The highest BCUT2D eigenvalue weighted by Crippen LogP contribution is 2.15. The van der Waals surface area contributed by atoms with Gasteiger partial charge in [0.2, 0.25) is 5.91 Å². The maximum absolute atomic E-state index is 12.4. The molecule has 0 fully saturated rings. The van der Waals surface area contributed by atoms with Gasteiger partial charge in [0.1, 0.15) is 6.10 Å². The zero-order valence-electron chi connectivity index (χ0n) is 34.0. The highest BCUT2D eigenvalue weighted by atomic mass is 16.3. The van der Waals surface area contributed by atoms with Crippen LogP contribution in [-0.2, 0) is 4.79 Å². The van der Waals surface area contributed by atoms with Gasteiger partial charge in [0, 0.05) is 0 Å². The molecule has 0 aliphatic carbocycles. The molecule has 5 heteroatoms. The lowest BCUT2D eigenvalue weighted by Gasteiger charge is -2.21. The number of unbranched alkanes of at least 4 members (excludes halogenated alkanes) is 28. The lowest BCUT2D eigenvalue weighted by Crippen LogP contribution is -2.48. The van der Waals surface area contributed by atoms with Crippen LogP contribution in [0, 0.1) is 0 Å². The predicted octanol–water partition coefficient (Wildman–Crippen LogP) is 12.8. The number of amides is 1. The van der Waals surface area contributed by atoms with Gasteiger partial charge in [0.05, 0.1) is 18.8 Å².